The van der Waals surface area contributed by atoms with E-state index < -0.39 is 6.03 Å². The molecule has 1 rings (SSSR count). The van der Waals surface area contributed by atoms with E-state index in [1.807, 2.05) is 20.8 Å². The van der Waals surface area contributed by atoms with E-state index in [9.17, 15) is 9.90 Å². The Morgan fingerprint density at radius 1 is 1.50 bits per heavy atom. The second-order valence-corrected chi connectivity index (χ2v) is 5.53. The maximum Gasteiger partial charge on any atom is 0.319 e. The van der Waals surface area contributed by atoms with Crippen LogP contribution in [0, 0.1) is 5.41 Å². The van der Waals surface area contributed by atoms with Crippen molar-refractivity contribution in [3.63, 3.8) is 0 Å². The molecule has 6 heteroatoms. The summed E-state index contributed by atoms with van der Waals surface area (Å²) >= 11 is 5.76. The van der Waals surface area contributed by atoms with Gasteiger partial charge < -0.3 is 15.7 Å². The van der Waals surface area contributed by atoms with Gasteiger partial charge in [-0.05, 0) is 11.5 Å². The summed E-state index contributed by atoms with van der Waals surface area (Å²) in [6.07, 6.45) is 2.98. The number of anilines is 1. The molecule has 0 aliphatic heterocycles. The highest BCUT2D eigenvalue weighted by molar-refractivity contribution is 6.30. The molecule has 3 N–H and O–H groups in total. The molecule has 1 atom stereocenters. The third-order valence-corrected chi connectivity index (χ3v) is 2.70. The minimum absolute atomic E-state index is 0.120. The molecule has 0 unspecified atom stereocenters. The van der Waals surface area contributed by atoms with Gasteiger partial charge in [0, 0.05) is 6.20 Å². The molecular weight excluding hydrogens is 254 g/mol. The summed E-state index contributed by atoms with van der Waals surface area (Å²) in [5, 5.41) is 15.0. The number of carbonyl (C=O) groups excluding carboxylic acids is 1. The molecule has 0 aliphatic rings. The minimum Gasteiger partial charge on any atom is -0.394 e. The number of aliphatic hydroxyl groups is 1. The van der Waals surface area contributed by atoms with Crippen molar-refractivity contribution >= 4 is 23.3 Å². The van der Waals surface area contributed by atoms with Crippen molar-refractivity contribution in [2.45, 2.75) is 26.8 Å². The van der Waals surface area contributed by atoms with Crippen LogP contribution in [-0.2, 0) is 0 Å². The number of amides is 2. The Balaban J connectivity index is 2.61. The van der Waals surface area contributed by atoms with Gasteiger partial charge in [-0.25, -0.2) is 4.79 Å². The average molecular weight is 272 g/mol. The number of carbonyl (C=O) groups is 1. The fraction of sp³-hybridized carbons (Fsp3) is 0.500. The number of hydrogen-bond acceptors (Lipinski definition) is 3. The van der Waals surface area contributed by atoms with E-state index >= 15 is 0 Å². The zero-order valence-corrected chi connectivity index (χ0v) is 11.5. The van der Waals surface area contributed by atoms with Gasteiger partial charge in [0.2, 0.25) is 0 Å². The van der Waals surface area contributed by atoms with Gasteiger partial charge in [-0.3, -0.25) is 4.98 Å². The van der Waals surface area contributed by atoms with Gasteiger partial charge in [0.1, 0.15) is 0 Å². The van der Waals surface area contributed by atoms with Crippen LogP contribution < -0.4 is 10.6 Å². The van der Waals surface area contributed by atoms with E-state index in [1.54, 1.807) is 6.07 Å². The second kappa shape index (κ2) is 6.02. The number of aliphatic hydroxyl groups excluding tert-OH is 1. The third-order valence-electron chi connectivity index (χ3n) is 2.50. The van der Waals surface area contributed by atoms with Crippen LogP contribution in [0.2, 0.25) is 5.02 Å². The van der Waals surface area contributed by atoms with Gasteiger partial charge in [0.25, 0.3) is 0 Å². The van der Waals surface area contributed by atoms with Crippen molar-refractivity contribution < 1.29 is 9.90 Å². The SMILES string of the molecule is CC(C)(C)[C@@H](CO)NC(=O)Nc1cncc(Cl)c1. The van der Waals surface area contributed by atoms with Crippen molar-refractivity contribution in [1.82, 2.24) is 10.3 Å². The third kappa shape index (κ3) is 4.50. The van der Waals surface area contributed by atoms with E-state index in [0.29, 0.717) is 10.7 Å². The molecule has 0 radical (unpaired) electrons. The molecule has 0 saturated heterocycles. The van der Waals surface area contributed by atoms with Crippen molar-refractivity contribution in [2.24, 2.45) is 5.41 Å². The summed E-state index contributed by atoms with van der Waals surface area (Å²) in [4.78, 5) is 15.6. The van der Waals surface area contributed by atoms with Gasteiger partial charge in [0.15, 0.2) is 0 Å². The smallest absolute Gasteiger partial charge is 0.319 e. The number of nitrogens with one attached hydrogen (secondary N) is 2. The molecular formula is C12H18ClN3O2. The quantitative estimate of drug-likeness (QED) is 0.789. The van der Waals surface area contributed by atoms with E-state index in [4.69, 9.17) is 11.6 Å². The Morgan fingerprint density at radius 3 is 2.67 bits per heavy atom. The molecule has 1 heterocycles. The van der Waals surface area contributed by atoms with Gasteiger partial charge in [0.05, 0.1) is 29.6 Å². The molecule has 100 valence electrons. The van der Waals surface area contributed by atoms with Crippen molar-refractivity contribution in [2.75, 3.05) is 11.9 Å². The molecule has 1 aromatic heterocycles. The molecule has 2 amide bonds. The molecule has 18 heavy (non-hydrogen) atoms. The largest absolute Gasteiger partial charge is 0.394 e. The summed E-state index contributed by atoms with van der Waals surface area (Å²) in [5.41, 5.74) is 0.282. The van der Waals surface area contributed by atoms with Crippen LogP contribution in [-0.4, -0.2) is 28.8 Å². The first-order chi connectivity index (χ1) is 8.32. The number of rotatable bonds is 3. The summed E-state index contributed by atoms with van der Waals surface area (Å²) in [6.45, 7) is 5.70. The molecule has 0 saturated carbocycles. The predicted octanol–water partition coefficient (Wildman–Crippen LogP) is 2.26. The molecule has 0 aromatic carbocycles. The van der Waals surface area contributed by atoms with Crippen molar-refractivity contribution in [3.05, 3.63) is 23.5 Å². The predicted molar refractivity (Wildman–Crippen MR) is 71.7 cm³/mol. The first-order valence-corrected chi connectivity index (χ1v) is 5.99. The van der Waals surface area contributed by atoms with Gasteiger partial charge in [-0.1, -0.05) is 32.4 Å². The number of hydrogen-bond donors (Lipinski definition) is 3. The fourth-order valence-electron chi connectivity index (χ4n) is 1.34. The highest BCUT2D eigenvalue weighted by Crippen LogP contribution is 2.19. The normalized spacial score (nSPS) is 12.9. The first-order valence-electron chi connectivity index (χ1n) is 5.62. The van der Waals surface area contributed by atoms with Crippen LogP contribution in [0.25, 0.3) is 0 Å². The highest BCUT2D eigenvalue weighted by atomic mass is 35.5. The van der Waals surface area contributed by atoms with E-state index in [1.165, 1.54) is 12.4 Å². The Bertz CT molecular complexity index is 418. The maximum atomic E-state index is 11.7. The zero-order valence-electron chi connectivity index (χ0n) is 10.7. The number of nitrogens with zero attached hydrogens (tertiary/aromatic N) is 1. The number of pyridine rings is 1. The number of urea groups is 1. The maximum absolute atomic E-state index is 11.7. The van der Waals surface area contributed by atoms with E-state index in [0.717, 1.165) is 0 Å². The van der Waals surface area contributed by atoms with E-state index in [2.05, 4.69) is 15.6 Å². The molecule has 0 bridgehead atoms. The van der Waals surface area contributed by atoms with Crippen molar-refractivity contribution in [3.8, 4) is 0 Å². The van der Waals surface area contributed by atoms with Gasteiger partial charge in [-0.15, -0.1) is 0 Å². The average Bonchev–Trinajstić information content (AvgIpc) is 2.24. The highest BCUT2D eigenvalue weighted by Gasteiger charge is 2.25. The molecule has 0 fully saturated rings. The lowest BCUT2D eigenvalue weighted by atomic mass is 9.87. The first kappa shape index (κ1) is 14.7. The second-order valence-electron chi connectivity index (χ2n) is 5.09. The Labute approximate surface area is 112 Å². The zero-order chi connectivity index (χ0) is 13.8. The summed E-state index contributed by atoms with van der Waals surface area (Å²) in [6, 6.07) is 0.872. The summed E-state index contributed by atoms with van der Waals surface area (Å²) in [5.74, 6) is 0. The van der Waals surface area contributed by atoms with Crippen LogP contribution in [0.5, 0.6) is 0 Å². The minimum atomic E-state index is -0.395. The Hall–Kier alpha value is -1.33. The monoisotopic (exact) mass is 271 g/mol. The van der Waals surface area contributed by atoms with Crippen LogP contribution in [0.4, 0.5) is 10.5 Å². The topological polar surface area (TPSA) is 74.2 Å². The van der Waals surface area contributed by atoms with Gasteiger partial charge in [-0.2, -0.15) is 0 Å². The Kier molecular flexibility index (Phi) is 4.93. The number of halogens is 1. The standard InChI is InChI=1S/C12H18ClN3O2/c1-12(2,3)10(7-17)16-11(18)15-9-4-8(13)5-14-6-9/h4-6,10,17H,7H2,1-3H3,(H2,15,16,18)/t10-/m1/s1. The van der Waals surface area contributed by atoms with Crippen LogP contribution in [0.1, 0.15) is 20.8 Å². The molecule has 0 aliphatic carbocycles. The summed E-state index contributed by atoms with van der Waals surface area (Å²) in [7, 11) is 0. The van der Waals surface area contributed by atoms with Crippen LogP contribution in [0.15, 0.2) is 18.5 Å². The van der Waals surface area contributed by atoms with Crippen LogP contribution in [0.3, 0.4) is 0 Å². The molecule has 1 aromatic rings. The lowest BCUT2D eigenvalue weighted by molar-refractivity contribution is 0.162. The summed E-state index contributed by atoms with van der Waals surface area (Å²) < 4.78 is 0. The van der Waals surface area contributed by atoms with Crippen LogP contribution >= 0.6 is 11.6 Å². The fourth-order valence-corrected chi connectivity index (χ4v) is 1.52. The van der Waals surface area contributed by atoms with E-state index in [-0.39, 0.29) is 18.1 Å². The molecule has 0 spiro atoms. The van der Waals surface area contributed by atoms with Crippen molar-refractivity contribution in [1.29, 1.82) is 0 Å². The number of aromatic nitrogens is 1. The Morgan fingerprint density at radius 2 is 2.17 bits per heavy atom. The molecule has 5 nitrogen and oxygen atoms in total. The van der Waals surface area contributed by atoms with Gasteiger partial charge >= 0.3 is 6.03 Å². The lowest BCUT2D eigenvalue weighted by Gasteiger charge is -2.29. The lowest BCUT2D eigenvalue weighted by Crippen LogP contribution is -2.47.